The highest BCUT2D eigenvalue weighted by Gasteiger charge is 2.34. The summed E-state index contributed by atoms with van der Waals surface area (Å²) in [7, 11) is 0. The number of rotatable bonds is 5. The molecule has 0 amide bonds. The minimum atomic E-state index is -0.756. The van der Waals surface area contributed by atoms with Gasteiger partial charge in [0, 0.05) is 14.8 Å². The molecule has 4 nitrogen and oxygen atoms in total. The second-order valence-corrected chi connectivity index (χ2v) is 5.48. The molecule has 0 unspecified atom stereocenters. The van der Waals surface area contributed by atoms with E-state index in [0.29, 0.717) is 0 Å². The summed E-state index contributed by atoms with van der Waals surface area (Å²) in [5, 5.41) is 10.7. The average Bonchev–Trinajstić information content (AvgIpc) is 2.25. The summed E-state index contributed by atoms with van der Waals surface area (Å²) in [6.45, 7) is 3.19. The van der Waals surface area contributed by atoms with Gasteiger partial charge in [0.1, 0.15) is 6.29 Å². The maximum Gasteiger partial charge on any atom is 0.211 e. The van der Waals surface area contributed by atoms with Crippen molar-refractivity contribution in [2.45, 2.75) is 19.8 Å². The van der Waals surface area contributed by atoms with Crippen LogP contribution in [0.2, 0.25) is 0 Å². The van der Waals surface area contributed by atoms with Gasteiger partial charge < -0.3 is 4.79 Å². The summed E-state index contributed by atoms with van der Waals surface area (Å²) in [6.07, 6.45) is 0.780. The van der Waals surface area contributed by atoms with Crippen LogP contribution in [-0.2, 0) is 4.79 Å². The standard InChI is InChI=1S/C12H14BrNO3/c1-12(2,8-15)11(7-14(16)17)9-4-3-5-10(13)6-9/h3-6,8,11H,7H2,1-2H3/t11-/m1/s1. The fourth-order valence-electron chi connectivity index (χ4n) is 1.72. The zero-order valence-electron chi connectivity index (χ0n) is 9.72. The van der Waals surface area contributed by atoms with Gasteiger partial charge >= 0.3 is 0 Å². The second-order valence-electron chi connectivity index (χ2n) is 4.56. The number of nitrogens with zero attached hydrogens (tertiary/aromatic N) is 1. The molecule has 1 rings (SSSR count). The summed E-state index contributed by atoms with van der Waals surface area (Å²) in [4.78, 5) is 21.4. The molecule has 0 spiro atoms. The van der Waals surface area contributed by atoms with Crippen molar-refractivity contribution < 1.29 is 9.72 Å². The monoisotopic (exact) mass is 299 g/mol. The molecule has 0 aliphatic carbocycles. The van der Waals surface area contributed by atoms with Crippen molar-refractivity contribution in [2.75, 3.05) is 6.54 Å². The van der Waals surface area contributed by atoms with E-state index in [1.54, 1.807) is 13.8 Å². The minimum Gasteiger partial charge on any atom is -0.303 e. The number of benzene rings is 1. The Morgan fingerprint density at radius 2 is 2.18 bits per heavy atom. The molecule has 1 aromatic carbocycles. The number of nitro groups is 1. The van der Waals surface area contributed by atoms with E-state index in [0.717, 1.165) is 16.3 Å². The first-order chi connectivity index (χ1) is 7.86. The van der Waals surface area contributed by atoms with Crippen LogP contribution >= 0.6 is 15.9 Å². The molecule has 1 aromatic rings. The van der Waals surface area contributed by atoms with Crippen LogP contribution in [0.4, 0.5) is 0 Å². The van der Waals surface area contributed by atoms with Crippen LogP contribution in [0, 0.1) is 15.5 Å². The van der Waals surface area contributed by atoms with E-state index in [-0.39, 0.29) is 11.5 Å². The molecule has 92 valence electrons. The molecule has 0 aromatic heterocycles. The van der Waals surface area contributed by atoms with Gasteiger partial charge in [0.05, 0.1) is 5.92 Å². The molecule has 0 bridgehead atoms. The molecule has 0 N–H and O–H groups in total. The summed E-state index contributed by atoms with van der Waals surface area (Å²) in [6, 6.07) is 7.29. The van der Waals surface area contributed by atoms with Crippen LogP contribution in [-0.4, -0.2) is 17.8 Å². The molecule has 0 saturated heterocycles. The Hall–Kier alpha value is -1.23. The van der Waals surface area contributed by atoms with Gasteiger partial charge in [-0.15, -0.1) is 0 Å². The van der Waals surface area contributed by atoms with E-state index in [4.69, 9.17) is 0 Å². The molecule has 5 heteroatoms. The van der Waals surface area contributed by atoms with Gasteiger partial charge in [-0.3, -0.25) is 10.1 Å². The fourth-order valence-corrected chi connectivity index (χ4v) is 2.14. The first-order valence-corrected chi connectivity index (χ1v) is 5.99. The predicted octanol–water partition coefficient (Wildman–Crippen LogP) is 3.03. The Balaban J connectivity index is 3.14. The lowest BCUT2D eigenvalue weighted by Gasteiger charge is -2.26. The maximum absolute atomic E-state index is 11.1. The van der Waals surface area contributed by atoms with Crippen molar-refractivity contribution in [3.8, 4) is 0 Å². The summed E-state index contributed by atoms with van der Waals surface area (Å²) in [5.41, 5.74) is 0.0431. The summed E-state index contributed by atoms with van der Waals surface area (Å²) < 4.78 is 0.852. The number of aldehydes is 1. The average molecular weight is 300 g/mol. The third-order valence-corrected chi connectivity index (χ3v) is 3.28. The van der Waals surface area contributed by atoms with Gasteiger partial charge in [0.15, 0.2) is 0 Å². The second kappa shape index (κ2) is 5.40. The summed E-state index contributed by atoms with van der Waals surface area (Å²) >= 11 is 3.33. The number of hydrogen-bond acceptors (Lipinski definition) is 3. The number of carbonyl (C=O) groups excluding carboxylic acids is 1. The Kier molecular flexibility index (Phi) is 4.40. The SMILES string of the molecule is CC(C)(C=O)[C@H](C[N+](=O)[O-])c1cccc(Br)c1. The number of hydrogen-bond donors (Lipinski definition) is 0. The van der Waals surface area contributed by atoms with Gasteiger partial charge in [0.25, 0.3) is 0 Å². The molecule has 0 fully saturated rings. The predicted molar refractivity (Wildman–Crippen MR) is 68.6 cm³/mol. The molecule has 0 aliphatic heterocycles. The normalized spacial score (nSPS) is 13.1. The molecule has 0 saturated carbocycles. The minimum absolute atomic E-state index is 0.248. The highest BCUT2D eigenvalue weighted by atomic mass is 79.9. The topological polar surface area (TPSA) is 60.2 Å². The van der Waals surface area contributed by atoms with Crippen LogP contribution < -0.4 is 0 Å². The van der Waals surface area contributed by atoms with Gasteiger partial charge in [0.2, 0.25) is 6.54 Å². The third kappa shape index (κ3) is 3.63. The van der Waals surface area contributed by atoms with Gasteiger partial charge in [-0.2, -0.15) is 0 Å². The summed E-state index contributed by atoms with van der Waals surface area (Å²) in [5.74, 6) is -0.424. The number of halogens is 1. The lowest BCUT2D eigenvalue weighted by Crippen LogP contribution is -2.29. The van der Waals surface area contributed by atoms with Crippen molar-refractivity contribution in [2.24, 2.45) is 5.41 Å². The van der Waals surface area contributed by atoms with Crippen LogP contribution in [0.5, 0.6) is 0 Å². The highest BCUT2D eigenvalue weighted by molar-refractivity contribution is 9.10. The molecule has 17 heavy (non-hydrogen) atoms. The van der Waals surface area contributed by atoms with Crippen molar-refractivity contribution in [3.05, 3.63) is 44.4 Å². The van der Waals surface area contributed by atoms with Crippen molar-refractivity contribution in [1.82, 2.24) is 0 Å². The van der Waals surface area contributed by atoms with E-state index in [1.165, 1.54) is 0 Å². The van der Waals surface area contributed by atoms with E-state index in [2.05, 4.69) is 15.9 Å². The fraction of sp³-hybridized carbons (Fsp3) is 0.417. The van der Waals surface area contributed by atoms with Crippen LogP contribution in [0.25, 0.3) is 0 Å². The Morgan fingerprint density at radius 1 is 1.53 bits per heavy atom. The highest BCUT2D eigenvalue weighted by Crippen LogP contribution is 2.34. The lowest BCUT2D eigenvalue weighted by molar-refractivity contribution is -0.485. The zero-order valence-corrected chi connectivity index (χ0v) is 11.3. The van der Waals surface area contributed by atoms with Crippen molar-refractivity contribution in [1.29, 1.82) is 0 Å². The van der Waals surface area contributed by atoms with E-state index < -0.39 is 11.3 Å². The van der Waals surface area contributed by atoms with Gasteiger partial charge in [-0.05, 0) is 17.7 Å². The van der Waals surface area contributed by atoms with E-state index in [9.17, 15) is 14.9 Å². The number of carbonyl (C=O) groups is 1. The largest absolute Gasteiger partial charge is 0.303 e. The Labute approximate surface area is 108 Å². The molecular formula is C12H14BrNO3. The van der Waals surface area contributed by atoms with E-state index in [1.807, 2.05) is 24.3 Å². The lowest BCUT2D eigenvalue weighted by atomic mass is 9.76. The Bertz CT molecular complexity index is 432. The molecule has 1 atom stereocenters. The quantitative estimate of drug-likeness (QED) is 0.477. The van der Waals surface area contributed by atoms with E-state index >= 15 is 0 Å². The van der Waals surface area contributed by atoms with Crippen LogP contribution in [0.15, 0.2) is 28.7 Å². The smallest absolute Gasteiger partial charge is 0.211 e. The van der Waals surface area contributed by atoms with Crippen LogP contribution in [0.1, 0.15) is 25.3 Å². The third-order valence-electron chi connectivity index (χ3n) is 2.78. The first kappa shape index (κ1) is 13.8. The van der Waals surface area contributed by atoms with Gasteiger partial charge in [-0.25, -0.2) is 0 Å². The molecule has 0 heterocycles. The first-order valence-electron chi connectivity index (χ1n) is 5.20. The zero-order chi connectivity index (χ0) is 13.1. The molecular weight excluding hydrogens is 286 g/mol. The Morgan fingerprint density at radius 3 is 2.65 bits per heavy atom. The van der Waals surface area contributed by atoms with Crippen molar-refractivity contribution in [3.63, 3.8) is 0 Å². The van der Waals surface area contributed by atoms with Crippen molar-refractivity contribution >= 4 is 22.2 Å². The van der Waals surface area contributed by atoms with Crippen LogP contribution in [0.3, 0.4) is 0 Å². The molecule has 0 aliphatic rings. The van der Waals surface area contributed by atoms with Gasteiger partial charge in [-0.1, -0.05) is 41.9 Å². The molecule has 0 radical (unpaired) electrons. The maximum atomic E-state index is 11.1.